The fourth-order valence-corrected chi connectivity index (χ4v) is 4.00. The zero-order valence-corrected chi connectivity index (χ0v) is 16.2. The Balaban J connectivity index is 2.38. The summed E-state index contributed by atoms with van der Waals surface area (Å²) in [6.45, 7) is 5.77. The summed E-state index contributed by atoms with van der Waals surface area (Å²) in [4.78, 5) is 10.7. The maximum atomic E-state index is 12.6. The van der Waals surface area contributed by atoms with Crippen molar-refractivity contribution in [1.82, 2.24) is 4.31 Å². The Bertz CT molecular complexity index is 939. The van der Waals surface area contributed by atoms with Crippen LogP contribution in [0.3, 0.4) is 0 Å². The number of hydrogen-bond acceptors (Lipinski definition) is 6. The largest absolute Gasteiger partial charge is 0.295 e. The molecule has 0 spiro atoms. The van der Waals surface area contributed by atoms with E-state index in [2.05, 4.69) is 10.5 Å². The van der Waals surface area contributed by atoms with Gasteiger partial charge in [-0.3, -0.25) is 15.5 Å². The molecule has 0 aromatic heterocycles. The van der Waals surface area contributed by atoms with E-state index >= 15 is 0 Å². The summed E-state index contributed by atoms with van der Waals surface area (Å²) < 4.78 is 26.4. The van der Waals surface area contributed by atoms with E-state index < -0.39 is 14.9 Å². The van der Waals surface area contributed by atoms with Crippen LogP contribution in [0.5, 0.6) is 0 Å². The van der Waals surface area contributed by atoms with Crippen molar-refractivity contribution < 1.29 is 13.3 Å². The lowest BCUT2D eigenvalue weighted by Crippen LogP contribution is -2.30. The molecule has 0 aliphatic heterocycles. The topological polar surface area (TPSA) is 105 Å². The predicted octanol–water partition coefficient (Wildman–Crippen LogP) is 3.46. The molecule has 2 aromatic rings. The van der Waals surface area contributed by atoms with Crippen LogP contribution in [0.15, 0.2) is 58.5 Å². The van der Waals surface area contributed by atoms with Gasteiger partial charge in [-0.2, -0.15) is 9.41 Å². The third-order valence-corrected chi connectivity index (χ3v) is 6.09. The number of sulfonamides is 1. The van der Waals surface area contributed by atoms with Crippen LogP contribution in [0.4, 0.5) is 11.4 Å². The van der Waals surface area contributed by atoms with Crippen LogP contribution in [-0.4, -0.2) is 36.4 Å². The Morgan fingerprint density at radius 2 is 1.78 bits per heavy atom. The molecule has 27 heavy (non-hydrogen) atoms. The number of nitrogens with zero attached hydrogens (tertiary/aromatic N) is 3. The summed E-state index contributed by atoms with van der Waals surface area (Å²) in [5.41, 5.74) is 3.94. The fourth-order valence-electron chi connectivity index (χ4n) is 2.52. The van der Waals surface area contributed by atoms with Crippen molar-refractivity contribution >= 4 is 27.1 Å². The lowest BCUT2D eigenvalue weighted by Gasteiger charge is -2.18. The summed E-state index contributed by atoms with van der Waals surface area (Å²) in [5.74, 6) is 0. The van der Waals surface area contributed by atoms with Crippen molar-refractivity contribution in [2.75, 3.05) is 18.5 Å². The van der Waals surface area contributed by atoms with Crippen molar-refractivity contribution in [3.8, 4) is 0 Å². The van der Waals surface area contributed by atoms with Crippen LogP contribution in [0, 0.1) is 10.1 Å². The molecule has 9 heteroatoms. The average molecular weight is 390 g/mol. The molecule has 0 saturated heterocycles. The van der Waals surface area contributed by atoms with Gasteiger partial charge in [0.1, 0.15) is 5.69 Å². The van der Waals surface area contributed by atoms with Gasteiger partial charge >= 0.3 is 0 Å². The first kappa shape index (κ1) is 20.5. The first-order valence-electron chi connectivity index (χ1n) is 8.45. The highest BCUT2D eigenvalue weighted by molar-refractivity contribution is 7.89. The molecule has 0 radical (unpaired) electrons. The Hall–Kier alpha value is -2.78. The summed E-state index contributed by atoms with van der Waals surface area (Å²) in [7, 11) is -3.78. The minimum absolute atomic E-state index is 0.118. The number of anilines is 1. The lowest BCUT2D eigenvalue weighted by molar-refractivity contribution is -0.384. The van der Waals surface area contributed by atoms with Crippen molar-refractivity contribution in [3.63, 3.8) is 0 Å². The number of rotatable bonds is 8. The Labute approximate surface area is 158 Å². The first-order valence-corrected chi connectivity index (χ1v) is 9.89. The van der Waals surface area contributed by atoms with Crippen molar-refractivity contribution in [2.45, 2.75) is 25.7 Å². The highest BCUT2D eigenvalue weighted by Gasteiger charge is 2.25. The zero-order valence-electron chi connectivity index (χ0n) is 15.4. The van der Waals surface area contributed by atoms with Gasteiger partial charge in [-0.05, 0) is 24.6 Å². The minimum Gasteiger partial charge on any atom is -0.271 e. The quantitative estimate of drug-likeness (QED) is 0.422. The van der Waals surface area contributed by atoms with E-state index in [9.17, 15) is 18.5 Å². The van der Waals surface area contributed by atoms with Gasteiger partial charge in [0.2, 0.25) is 10.0 Å². The molecule has 2 rings (SSSR count). The monoisotopic (exact) mass is 390 g/mol. The van der Waals surface area contributed by atoms with Gasteiger partial charge in [0.25, 0.3) is 5.69 Å². The van der Waals surface area contributed by atoms with Gasteiger partial charge < -0.3 is 0 Å². The van der Waals surface area contributed by atoms with E-state index in [1.54, 1.807) is 20.8 Å². The summed E-state index contributed by atoms with van der Waals surface area (Å²) in [6.07, 6.45) is 0. The second kappa shape index (κ2) is 8.74. The molecule has 0 aliphatic rings. The summed E-state index contributed by atoms with van der Waals surface area (Å²) >= 11 is 0. The standard InChI is InChI=1S/C18H22N4O4S/c1-4-21(5-2)27(25,26)16-11-12-17(18(13-16)22(23)24)20-19-14(3)15-9-7-6-8-10-15/h6-13,20H,4-5H2,1-3H3/b19-14+. The van der Waals surface area contributed by atoms with E-state index in [1.807, 2.05) is 30.3 Å². The van der Waals surface area contributed by atoms with E-state index in [0.717, 1.165) is 11.6 Å². The maximum Gasteiger partial charge on any atom is 0.295 e. The fraction of sp³-hybridized carbons (Fsp3) is 0.278. The van der Waals surface area contributed by atoms with Gasteiger partial charge in [0.05, 0.1) is 15.5 Å². The molecule has 0 aliphatic carbocycles. The molecule has 0 atom stereocenters. The normalized spacial score (nSPS) is 12.2. The molecule has 2 aromatic carbocycles. The highest BCUT2D eigenvalue weighted by Crippen LogP contribution is 2.29. The third kappa shape index (κ3) is 4.69. The minimum atomic E-state index is -3.78. The average Bonchev–Trinajstić information content (AvgIpc) is 2.67. The van der Waals surface area contributed by atoms with Crippen molar-refractivity contribution in [2.24, 2.45) is 5.10 Å². The van der Waals surface area contributed by atoms with Crippen LogP contribution in [0.25, 0.3) is 0 Å². The van der Waals surface area contributed by atoms with Crippen LogP contribution in [0.1, 0.15) is 26.3 Å². The Morgan fingerprint density at radius 1 is 1.15 bits per heavy atom. The van der Waals surface area contributed by atoms with Gasteiger partial charge in [-0.15, -0.1) is 0 Å². The van der Waals surface area contributed by atoms with Crippen LogP contribution in [0.2, 0.25) is 0 Å². The number of nitro benzene ring substituents is 1. The number of hydrazone groups is 1. The second-order valence-electron chi connectivity index (χ2n) is 5.70. The number of nitrogens with one attached hydrogen (secondary N) is 1. The highest BCUT2D eigenvalue weighted by atomic mass is 32.2. The van der Waals surface area contributed by atoms with Gasteiger partial charge in [-0.25, -0.2) is 8.42 Å². The van der Waals surface area contributed by atoms with E-state index in [-0.39, 0.29) is 29.4 Å². The number of hydrogen-bond donors (Lipinski definition) is 1. The molecular formula is C18H22N4O4S. The number of benzene rings is 2. The molecule has 144 valence electrons. The van der Waals surface area contributed by atoms with Gasteiger partial charge in [-0.1, -0.05) is 44.2 Å². The molecular weight excluding hydrogens is 368 g/mol. The van der Waals surface area contributed by atoms with Crippen LogP contribution < -0.4 is 5.43 Å². The molecule has 0 unspecified atom stereocenters. The van der Waals surface area contributed by atoms with Crippen LogP contribution >= 0.6 is 0 Å². The van der Waals surface area contributed by atoms with Crippen molar-refractivity contribution in [3.05, 3.63) is 64.2 Å². The third-order valence-electron chi connectivity index (χ3n) is 4.04. The van der Waals surface area contributed by atoms with Crippen molar-refractivity contribution in [1.29, 1.82) is 0 Å². The summed E-state index contributed by atoms with van der Waals surface area (Å²) in [5, 5.41) is 15.6. The van der Waals surface area contributed by atoms with Gasteiger partial charge in [0.15, 0.2) is 0 Å². The van der Waals surface area contributed by atoms with E-state index in [0.29, 0.717) is 5.71 Å². The van der Waals surface area contributed by atoms with Gasteiger partial charge in [0, 0.05) is 19.2 Å². The Kier molecular flexibility index (Phi) is 6.65. The van der Waals surface area contributed by atoms with E-state index in [4.69, 9.17) is 0 Å². The molecule has 0 bridgehead atoms. The lowest BCUT2D eigenvalue weighted by atomic mass is 10.1. The van der Waals surface area contributed by atoms with Crippen LogP contribution in [-0.2, 0) is 10.0 Å². The second-order valence-corrected chi connectivity index (χ2v) is 7.64. The number of nitro groups is 1. The molecule has 0 fully saturated rings. The first-order chi connectivity index (χ1) is 12.8. The molecule has 0 saturated carbocycles. The Morgan fingerprint density at radius 3 is 2.33 bits per heavy atom. The molecule has 0 heterocycles. The molecule has 1 N–H and O–H groups in total. The maximum absolute atomic E-state index is 12.6. The molecule has 8 nitrogen and oxygen atoms in total. The molecule has 0 amide bonds. The summed E-state index contributed by atoms with van der Waals surface area (Å²) in [6, 6.07) is 13.1. The zero-order chi connectivity index (χ0) is 20.0. The SMILES string of the molecule is CCN(CC)S(=O)(=O)c1ccc(N/N=C(\C)c2ccccc2)c([N+](=O)[O-])c1. The smallest absolute Gasteiger partial charge is 0.271 e. The predicted molar refractivity (Wildman–Crippen MR) is 105 cm³/mol. The van der Waals surface area contributed by atoms with E-state index in [1.165, 1.54) is 16.4 Å².